The van der Waals surface area contributed by atoms with Gasteiger partial charge < -0.3 is 9.40 Å². The van der Waals surface area contributed by atoms with Crippen molar-refractivity contribution in [3.8, 4) is 11.3 Å². The molecule has 7 rings (SSSR count). The van der Waals surface area contributed by atoms with Crippen LogP contribution in [0, 0.1) is 19.1 Å². The van der Waals surface area contributed by atoms with Crippen LogP contribution in [0.2, 0.25) is 0 Å². The Morgan fingerprint density at radius 2 is 1.59 bits per heavy atom. The third-order valence-electron chi connectivity index (χ3n) is 6.54. The van der Waals surface area contributed by atoms with Crippen molar-refractivity contribution in [2.24, 2.45) is 0 Å². The summed E-state index contributed by atoms with van der Waals surface area (Å²) in [5, 5.41) is 2.23. The molecule has 1 radical (unpaired) electrons. The summed E-state index contributed by atoms with van der Waals surface area (Å²) in [7, 11) is 0. The van der Waals surface area contributed by atoms with Crippen molar-refractivity contribution in [3.05, 3.63) is 121 Å². The van der Waals surface area contributed by atoms with Crippen LogP contribution in [0.5, 0.6) is 0 Å². The Hall–Kier alpha value is -4.14. The Kier molecular flexibility index (Phi) is 7.67. The number of furan rings is 1. The number of hydrogen-bond acceptors (Lipinski definition) is 2. The van der Waals surface area contributed by atoms with Gasteiger partial charge in [0.25, 0.3) is 11.4 Å². The van der Waals surface area contributed by atoms with Gasteiger partial charge in [0.05, 0.1) is 0 Å². The zero-order valence-electron chi connectivity index (χ0n) is 22.0. The van der Waals surface area contributed by atoms with Crippen LogP contribution in [0.3, 0.4) is 0 Å². The molecule has 0 N–H and O–H groups in total. The molecule has 1 aliphatic rings. The van der Waals surface area contributed by atoms with Gasteiger partial charge >= 0.3 is 6.01 Å². The standard InChI is InChI=1S/C22H17N2O.C12H10N.Ir/c1-15(2)23-14-24(20-9-5-4-8-19(20)23)16-11-12-22-18(13-16)17-7-3-6-10-21(17)25-22;1-10-7-8-12(13-9-10)11-5-3-2-4-6-11;/h3-10,12-13,15H,1-2H3;2-5,7-9H,1H3;/q+1;-1;. The SMILES string of the molecule is CC(C)[N+]1=C=[N+](c2[c-]cc3oc4ccccc4c3c2)c2ccccc21.Cc1ccc(-c2[c-]cccc2)nc1.[Ir]. The minimum Gasteiger partial charge on any atom is -0.516 e. The van der Waals surface area contributed by atoms with Crippen LogP contribution in [-0.4, -0.2) is 21.6 Å². The quantitative estimate of drug-likeness (QED) is 0.139. The van der Waals surface area contributed by atoms with E-state index in [-0.39, 0.29) is 20.1 Å². The summed E-state index contributed by atoms with van der Waals surface area (Å²) < 4.78 is 10.2. The van der Waals surface area contributed by atoms with Crippen LogP contribution >= 0.6 is 0 Å². The number of hydrogen-bond donors (Lipinski definition) is 0. The molecule has 0 saturated heterocycles. The third kappa shape index (κ3) is 5.26. The van der Waals surface area contributed by atoms with Crippen LogP contribution in [0.15, 0.2) is 108 Å². The van der Waals surface area contributed by atoms with Gasteiger partial charge in [-0.05, 0) is 38.1 Å². The average molecular weight is 686 g/mol. The predicted octanol–water partition coefficient (Wildman–Crippen LogP) is 8.32. The summed E-state index contributed by atoms with van der Waals surface area (Å²) in [6.45, 7) is 6.37. The summed E-state index contributed by atoms with van der Waals surface area (Å²) in [6.07, 6.45) is 1.87. The second-order valence-electron chi connectivity index (χ2n) is 9.58. The third-order valence-corrected chi connectivity index (χ3v) is 6.54. The Balaban J connectivity index is 0.000000187. The molecule has 0 amide bonds. The monoisotopic (exact) mass is 686 g/mol. The second kappa shape index (κ2) is 11.3. The first-order valence-electron chi connectivity index (χ1n) is 12.8. The van der Waals surface area contributed by atoms with Crippen LogP contribution in [0.4, 0.5) is 17.1 Å². The fourth-order valence-electron chi connectivity index (χ4n) is 4.62. The van der Waals surface area contributed by atoms with Gasteiger partial charge in [-0.1, -0.05) is 63.1 Å². The normalized spacial score (nSPS) is 11.9. The van der Waals surface area contributed by atoms with E-state index in [0.29, 0.717) is 6.04 Å². The summed E-state index contributed by atoms with van der Waals surface area (Å²) in [6, 6.07) is 42.8. The van der Waals surface area contributed by atoms with Gasteiger partial charge in [0, 0.05) is 49.4 Å². The molecule has 5 heteroatoms. The maximum absolute atomic E-state index is 5.92. The molecule has 3 heterocycles. The Morgan fingerprint density at radius 3 is 2.33 bits per heavy atom. The number of benzene rings is 4. The second-order valence-corrected chi connectivity index (χ2v) is 9.58. The summed E-state index contributed by atoms with van der Waals surface area (Å²) in [4.78, 5) is 4.32. The van der Waals surface area contributed by atoms with E-state index < -0.39 is 0 Å². The van der Waals surface area contributed by atoms with Crippen molar-refractivity contribution in [1.82, 2.24) is 9.56 Å². The maximum atomic E-state index is 5.92. The number of nitrogens with zero attached hydrogens (tertiary/aromatic N) is 3. The van der Waals surface area contributed by atoms with Crippen molar-refractivity contribution in [1.29, 1.82) is 0 Å². The summed E-state index contributed by atoms with van der Waals surface area (Å²) in [5.74, 6) is 0. The van der Waals surface area contributed by atoms with E-state index in [4.69, 9.17) is 4.42 Å². The van der Waals surface area contributed by atoms with Crippen molar-refractivity contribution >= 4 is 45.0 Å². The summed E-state index contributed by atoms with van der Waals surface area (Å²) in [5.41, 5.74) is 8.23. The van der Waals surface area contributed by atoms with E-state index in [1.807, 2.05) is 67.7 Å². The Labute approximate surface area is 241 Å². The number of para-hydroxylation sites is 3. The Morgan fingerprint density at radius 1 is 0.821 bits per heavy atom. The molecule has 4 nitrogen and oxygen atoms in total. The van der Waals surface area contributed by atoms with Gasteiger partial charge in [-0.2, -0.15) is 0 Å². The van der Waals surface area contributed by atoms with E-state index in [1.165, 1.54) is 11.3 Å². The van der Waals surface area contributed by atoms with Crippen molar-refractivity contribution in [2.75, 3.05) is 0 Å². The first kappa shape index (κ1) is 26.5. The number of fused-ring (bicyclic) bond motifs is 4. The number of rotatable bonds is 3. The number of pyridine rings is 1. The van der Waals surface area contributed by atoms with Crippen molar-refractivity contribution in [2.45, 2.75) is 26.8 Å². The van der Waals surface area contributed by atoms with E-state index in [0.717, 1.165) is 44.6 Å². The van der Waals surface area contributed by atoms with Gasteiger partial charge in [-0.15, -0.1) is 48.0 Å². The zero-order valence-corrected chi connectivity index (χ0v) is 24.4. The molecule has 2 aromatic heterocycles. The molecule has 0 atom stereocenters. The molecule has 39 heavy (non-hydrogen) atoms. The molecular formula is C34H27IrN3O. The smallest absolute Gasteiger partial charge is 0.494 e. The molecule has 0 bridgehead atoms. The number of aromatic nitrogens is 1. The van der Waals surface area contributed by atoms with Crippen LogP contribution in [-0.2, 0) is 20.1 Å². The van der Waals surface area contributed by atoms with E-state index in [2.05, 4.69) is 88.6 Å². The van der Waals surface area contributed by atoms with Crippen LogP contribution < -0.4 is 4.58 Å². The molecule has 1 aliphatic heterocycles. The van der Waals surface area contributed by atoms with Crippen LogP contribution in [0.1, 0.15) is 19.4 Å². The van der Waals surface area contributed by atoms with Gasteiger partial charge in [0.15, 0.2) is 6.04 Å². The van der Waals surface area contributed by atoms with Gasteiger partial charge in [0.1, 0.15) is 11.3 Å². The fourth-order valence-corrected chi connectivity index (χ4v) is 4.62. The van der Waals surface area contributed by atoms with Gasteiger partial charge in [0.2, 0.25) is 0 Å². The van der Waals surface area contributed by atoms with E-state index >= 15 is 0 Å². The molecule has 193 valence electrons. The van der Waals surface area contributed by atoms with Gasteiger partial charge in [-0.3, -0.25) is 0 Å². The summed E-state index contributed by atoms with van der Waals surface area (Å²) >= 11 is 0. The fraction of sp³-hybridized carbons (Fsp3) is 0.118. The first-order valence-corrected chi connectivity index (χ1v) is 12.8. The molecule has 0 fully saturated rings. The minimum absolute atomic E-state index is 0. The van der Waals surface area contributed by atoms with Crippen molar-refractivity contribution in [3.63, 3.8) is 0 Å². The number of aryl methyl sites for hydroxylation is 1. The molecule has 6 aromatic rings. The minimum atomic E-state index is 0. The average Bonchev–Trinajstić information content (AvgIpc) is 3.53. The molecular weight excluding hydrogens is 659 g/mol. The van der Waals surface area contributed by atoms with Gasteiger partial charge in [-0.25, -0.2) is 0 Å². The topological polar surface area (TPSA) is 32.0 Å². The van der Waals surface area contributed by atoms with Crippen LogP contribution in [0.25, 0.3) is 33.2 Å². The molecule has 0 aliphatic carbocycles. The largest absolute Gasteiger partial charge is 0.516 e. The predicted molar refractivity (Wildman–Crippen MR) is 154 cm³/mol. The maximum Gasteiger partial charge on any atom is 0.494 e. The first-order chi connectivity index (χ1) is 18.6. The van der Waals surface area contributed by atoms with Crippen molar-refractivity contribution < 1.29 is 29.1 Å². The Bertz CT molecular complexity index is 1830. The van der Waals surface area contributed by atoms with E-state index in [1.54, 1.807) is 0 Å². The molecule has 0 unspecified atom stereocenters. The molecule has 4 aromatic carbocycles. The molecule has 0 saturated carbocycles. The van der Waals surface area contributed by atoms with E-state index in [9.17, 15) is 0 Å². The molecule has 0 spiro atoms. The zero-order chi connectivity index (χ0) is 26.1.